The first-order valence-electron chi connectivity index (χ1n) is 4.50. The molecule has 0 amide bonds. The van der Waals surface area contributed by atoms with Crippen LogP contribution in [0, 0.1) is 15.3 Å². The van der Waals surface area contributed by atoms with Gasteiger partial charge >= 0.3 is 0 Å². The van der Waals surface area contributed by atoms with Gasteiger partial charge in [0.25, 0.3) is 0 Å². The maximum absolute atomic E-state index is 13.7. The van der Waals surface area contributed by atoms with E-state index in [1.54, 1.807) is 0 Å². The molecular weight excluding hydrogens is 428 g/mol. The molecule has 0 unspecified atom stereocenters. The van der Waals surface area contributed by atoms with Gasteiger partial charge in [-0.3, -0.25) is 4.68 Å². The topological polar surface area (TPSA) is 17.8 Å². The number of aromatic nitrogens is 2. The third-order valence-electron chi connectivity index (χ3n) is 2.13. The van der Waals surface area contributed by atoms with Crippen LogP contribution in [0.3, 0.4) is 0 Å². The van der Waals surface area contributed by atoms with Crippen LogP contribution < -0.4 is 0 Å². The summed E-state index contributed by atoms with van der Waals surface area (Å²) in [6, 6.07) is 2.53. The Morgan fingerprint density at radius 2 is 2.12 bits per heavy atom. The van der Waals surface area contributed by atoms with Gasteiger partial charge in [0.15, 0.2) is 0 Å². The van der Waals surface area contributed by atoms with E-state index in [2.05, 4.69) is 21.0 Å². The largest absolute Gasteiger partial charge is 0.265 e. The van der Waals surface area contributed by atoms with Gasteiger partial charge in [0.05, 0.1) is 16.0 Å². The van der Waals surface area contributed by atoms with Crippen molar-refractivity contribution >= 4 is 50.1 Å². The molecular formula is C10H5BrClF2IN2. The van der Waals surface area contributed by atoms with Crippen LogP contribution in [0.4, 0.5) is 8.78 Å². The first-order chi connectivity index (χ1) is 7.99. The van der Waals surface area contributed by atoms with E-state index in [1.165, 1.54) is 23.0 Å². The summed E-state index contributed by atoms with van der Waals surface area (Å²) in [6.07, 6.45) is 1.53. The monoisotopic (exact) mass is 432 g/mol. The Labute approximate surface area is 123 Å². The maximum atomic E-state index is 13.7. The Balaban J connectivity index is 2.39. The van der Waals surface area contributed by atoms with Crippen LogP contribution in [0.2, 0.25) is 5.02 Å². The van der Waals surface area contributed by atoms with Crippen molar-refractivity contribution in [2.24, 2.45) is 0 Å². The standard InChI is InChI=1S/C10H5BrClF2IN2/c11-6-1-2-8(13)5(9(6)14)3-17-4-7(12)10(15)16-17/h1-2,4H,3H2. The predicted octanol–water partition coefficient (Wildman–Crippen LogP) is 4.23. The molecule has 0 spiro atoms. The smallest absolute Gasteiger partial charge is 0.145 e. The minimum absolute atomic E-state index is 0.000170. The van der Waals surface area contributed by atoms with Gasteiger partial charge in [0, 0.05) is 11.8 Å². The number of halogens is 5. The van der Waals surface area contributed by atoms with E-state index in [0.29, 0.717) is 8.72 Å². The van der Waals surface area contributed by atoms with Crippen molar-refractivity contribution in [1.29, 1.82) is 0 Å². The molecule has 17 heavy (non-hydrogen) atoms. The van der Waals surface area contributed by atoms with Crippen molar-refractivity contribution in [2.45, 2.75) is 6.54 Å². The molecule has 0 aliphatic rings. The molecule has 0 atom stereocenters. The molecule has 0 saturated carbocycles. The van der Waals surface area contributed by atoms with Crippen LogP contribution in [0.15, 0.2) is 22.8 Å². The highest BCUT2D eigenvalue weighted by molar-refractivity contribution is 14.1. The summed E-state index contributed by atoms with van der Waals surface area (Å²) in [5.74, 6) is -1.22. The third-order valence-corrected chi connectivity index (χ3v) is 4.14. The minimum Gasteiger partial charge on any atom is -0.265 e. The van der Waals surface area contributed by atoms with E-state index < -0.39 is 11.6 Å². The van der Waals surface area contributed by atoms with Crippen molar-refractivity contribution in [3.8, 4) is 0 Å². The zero-order chi connectivity index (χ0) is 12.6. The second-order valence-electron chi connectivity index (χ2n) is 3.29. The minimum atomic E-state index is -0.619. The van der Waals surface area contributed by atoms with Crippen LogP contribution in [-0.2, 0) is 6.54 Å². The van der Waals surface area contributed by atoms with Gasteiger partial charge in [0.1, 0.15) is 15.3 Å². The molecule has 1 aromatic carbocycles. The van der Waals surface area contributed by atoms with Crippen molar-refractivity contribution < 1.29 is 8.78 Å². The fourth-order valence-electron chi connectivity index (χ4n) is 1.33. The number of benzene rings is 1. The van der Waals surface area contributed by atoms with E-state index in [9.17, 15) is 8.78 Å². The molecule has 0 N–H and O–H groups in total. The van der Waals surface area contributed by atoms with Gasteiger partial charge in [-0.2, -0.15) is 5.10 Å². The van der Waals surface area contributed by atoms with Gasteiger partial charge in [-0.15, -0.1) is 0 Å². The molecule has 0 aliphatic carbocycles. The summed E-state index contributed by atoms with van der Waals surface area (Å²) in [6.45, 7) is -0.000170. The zero-order valence-electron chi connectivity index (χ0n) is 8.22. The van der Waals surface area contributed by atoms with Crippen molar-refractivity contribution in [2.75, 3.05) is 0 Å². The van der Waals surface area contributed by atoms with Crippen LogP contribution in [0.1, 0.15) is 5.56 Å². The van der Waals surface area contributed by atoms with Crippen LogP contribution in [0.25, 0.3) is 0 Å². The fourth-order valence-corrected chi connectivity index (χ4v) is 2.27. The van der Waals surface area contributed by atoms with Gasteiger partial charge < -0.3 is 0 Å². The second kappa shape index (κ2) is 5.19. The van der Waals surface area contributed by atoms with E-state index in [1.807, 2.05) is 22.6 Å². The average Bonchev–Trinajstić information content (AvgIpc) is 2.59. The number of nitrogens with zero attached hydrogens (tertiary/aromatic N) is 2. The summed E-state index contributed by atoms with van der Waals surface area (Å²) in [4.78, 5) is 0. The quantitative estimate of drug-likeness (QED) is 0.512. The Hall–Kier alpha value is -0.210. The zero-order valence-corrected chi connectivity index (χ0v) is 12.7. The fraction of sp³-hybridized carbons (Fsp3) is 0.100. The molecule has 7 heteroatoms. The van der Waals surface area contributed by atoms with Crippen molar-refractivity contribution in [1.82, 2.24) is 9.78 Å². The normalized spacial score (nSPS) is 10.9. The second-order valence-corrected chi connectivity index (χ2v) is 5.57. The summed E-state index contributed by atoms with van der Waals surface area (Å²) in [7, 11) is 0. The molecule has 0 bridgehead atoms. The molecule has 0 radical (unpaired) electrons. The molecule has 0 fully saturated rings. The highest BCUT2D eigenvalue weighted by Gasteiger charge is 2.14. The summed E-state index contributed by atoms with van der Waals surface area (Å²) in [5.41, 5.74) is -0.0464. The average molecular weight is 433 g/mol. The molecule has 0 saturated heterocycles. The summed E-state index contributed by atoms with van der Waals surface area (Å²) < 4.78 is 29.4. The van der Waals surface area contributed by atoms with E-state index >= 15 is 0 Å². The molecule has 2 aromatic rings. The molecule has 2 nitrogen and oxygen atoms in total. The third kappa shape index (κ3) is 2.79. The molecule has 1 aromatic heterocycles. The lowest BCUT2D eigenvalue weighted by Crippen LogP contribution is -2.06. The molecule has 90 valence electrons. The van der Waals surface area contributed by atoms with Gasteiger partial charge in [-0.25, -0.2) is 8.78 Å². The first kappa shape index (κ1) is 13.2. The van der Waals surface area contributed by atoms with Crippen molar-refractivity contribution in [3.63, 3.8) is 0 Å². The van der Waals surface area contributed by atoms with E-state index in [4.69, 9.17) is 11.6 Å². The predicted molar refractivity (Wildman–Crippen MR) is 73.1 cm³/mol. The Bertz CT molecular complexity index is 554. The lowest BCUT2D eigenvalue weighted by atomic mass is 10.2. The van der Waals surface area contributed by atoms with E-state index in [-0.39, 0.29) is 16.6 Å². The summed E-state index contributed by atoms with van der Waals surface area (Å²) in [5, 5.41) is 4.50. The first-order valence-corrected chi connectivity index (χ1v) is 6.75. The molecule has 0 aliphatic heterocycles. The van der Waals surface area contributed by atoms with E-state index in [0.717, 1.165) is 0 Å². The summed E-state index contributed by atoms with van der Waals surface area (Å²) >= 11 is 10.8. The van der Waals surface area contributed by atoms with Crippen LogP contribution in [0.5, 0.6) is 0 Å². The number of hydrogen-bond acceptors (Lipinski definition) is 1. The molecule has 1 heterocycles. The maximum Gasteiger partial charge on any atom is 0.145 e. The van der Waals surface area contributed by atoms with Crippen LogP contribution in [-0.4, -0.2) is 9.78 Å². The molecule has 2 rings (SSSR count). The van der Waals surface area contributed by atoms with Crippen molar-refractivity contribution in [3.05, 3.63) is 48.7 Å². The SMILES string of the molecule is Fc1ccc(Br)c(F)c1Cn1cc(Cl)c(I)n1. The van der Waals surface area contributed by atoms with Gasteiger partial charge in [-0.05, 0) is 50.7 Å². The Kier molecular flexibility index (Phi) is 4.04. The highest BCUT2D eigenvalue weighted by atomic mass is 127. The Morgan fingerprint density at radius 3 is 2.71 bits per heavy atom. The number of rotatable bonds is 2. The Morgan fingerprint density at radius 1 is 1.41 bits per heavy atom. The lowest BCUT2D eigenvalue weighted by molar-refractivity contribution is 0.528. The number of hydrogen-bond donors (Lipinski definition) is 0. The van der Waals surface area contributed by atoms with Gasteiger partial charge in [-0.1, -0.05) is 11.6 Å². The van der Waals surface area contributed by atoms with Gasteiger partial charge in [0.2, 0.25) is 0 Å². The highest BCUT2D eigenvalue weighted by Crippen LogP contribution is 2.23. The lowest BCUT2D eigenvalue weighted by Gasteiger charge is -2.06. The van der Waals surface area contributed by atoms with Crippen LogP contribution >= 0.6 is 50.1 Å².